The molecule has 2 bridgehead atoms. The topological polar surface area (TPSA) is 165 Å². The second kappa shape index (κ2) is 8.19. The van der Waals surface area contributed by atoms with Crippen molar-refractivity contribution in [3.63, 3.8) is 0 Å². The number of Topliss-reactive ketones (excluding diaryl/α,β-unsaturated/α-hetero) is 1. The number of fused-ring (bicyclic) bond motifs is 1. The van der Waals surface area contributed by atoms with Gasteiger partial charge in [-0.25, -0.2) is 0 Å². The van der Waals surface area contributed by atoms with Crippen LogP contribution in [0, 0.1) is 33.5 Å². The van der Waals surface area contributed by atoms with Gasteiger partial charge in [0.05, 0.1) is 48.3 Å². The number of aliphatic hydroxyl groups is 3. The number of carbonyl (C=O) groups is 3. The minimum atomic E-state index is -1.36. The molecule has 1 spiro atoms. The third-order valence-corrected chi connectivity index (χ3v) is 12.6. The number of ether oxygens (including phenoxy) is 4. The second-order valence-electron chi connectivity index (χ2n) is 13.9. The van der Waals surface area contributed by atoms with E-state index in [1.54, 1.807) is 19.5 Å². The lowest BCUT2D eigenvalue weighted by Gasteiger charge is -2.73. The molecule has 4 saturated carbocycles. The van der Waals surface area contributed by atoms with Gasteiger partial charge in [-0.2, -0.15) is 0 Å². The smallest absolute Gasteiger partial charge is 0.303 e. The molecule has 1 aromatic heterocycles. The average Bonchev–Trinajstić information content (AvgIpc) is 3.26. The number of epoxide rings is 1. The van der Waals surface area contributed by atoms with Crippen LogP contribution >= 0.6 is 0 Å². The number of rotatable bonds is 3. The van der Waals surface area contributed by atoms with Gasteiger partial charge < -0.3 is 38.7 Å². The van der Waals surface area contributed by atoms with Gasteiger partial charge in [0, 0.05) is 42.9 Å². The van der Waals surface area contributed by atoms with Gasteiger partial charge in [0.2, 0.25) is 0 Å². The largest absolute Gasteiger partial charge is 0.472 e. The first-order valence-corrected chi connectivity index (χ1v) is 14.5. The van der Waals surface area contributed by atoms with E-state index in [0.29, 0.717) is 6.42 Å². The zero-order chi connectivity index (χ0) is 29.5. The lowest BCUT2D eigenvalue weighted by atomic mass is 9.33. The fourth-order valence-electron chi connectivity index (χ4n) is 11.0. The Morgan fingerprint density at radius 2 is 1.68 bits per heavy atom. The maximum absolute atomic E-state index is 15.0. The van der Waals surface area contributed by atoms with E-state index in [1.165, 1.54) is 13.8 Å². The average molecular weight is 575 g/mol. The lowest BCUT2D eigenvalue weighted by molar-refractivity contribution is -0.373. The molecule has 0 radical (unpaired) electrons. The summed E-state index contributed by atoms with van der Waals surface area (Å²) in [5, 5.41) is 35.4. The third-order valence-electron chi connectivity index (χ3n) is 12.6. The molecule has 11 nitrogen and oxygen atoms in total. The second-order valence-corrected chi connectivity index (χ2v) is 13.9. The van der Waals surface area contributed by atoms with Crippen LogP contribution in [-0.2, 0) is 33.3 Å². The number of esters is 2. The van der Waals surface area contributed by atoms with Crippen molar-refractivity contribution in [2.75, 3.05) is 6.61 Å². The van der Waals surface area contributed by atoms with Crippen molar-refractivity contribution in [1.82, 2.24) is 0 Å². The van der Waals surface area contributed by atoms with E-state index in [0.717, 1.165) is 5.56 Å². The van der Waals surface area contributed by atoms with Crippen LogP contribution in [0.25, 0.3) is 0 Å². The van der Waals surface area contributed by atoms with E-state index in [-0.39, 0.29) is 31.5 Å². The lowest BCUT2D eigenvalue weighted by Crippen LogP contribution is -2.82. The van der Waals surface area contributed by atoms with Crippen LogP contribution in [0.15, 0.2) is 23.0 Å². The maximum atomic E-state index is 15.0. The molecular formula is C30H38O11. The highest BCUT2D eigenvalue weighted by Gasteiger charge is 2.92. The molecule has 14 atom stereocenters. The first-order valence-electron chi connectivity index (χ1n) is 14.5. The summed E-state index contributed by atoms with van der Waals surface area (Å²) in [4.78, 5) is 39.7. The van der Waals surface area contributed by atoms with Gasteiger partial charge in [-0.05, 0) is 30.4 Å². The van der Waals surface area contributed by atoms with Gasteiger partial charge in [-0.3, -0.25) is 14.4 Å². The first kappa shape index (κ1) is 27.5. The number of hydrogen-bond acceptors (Lipinski definition) is 11. The van der Waals surface area contributed by atoms with E-state index < -0.39 is 87.5 Å². The van der Waals surface area contributed by atoms with Crippen LogP contribution in [0.4, 0.5) is 0 Å². The van der Waals surface area contributed by atoms with Crippen LogP contribution in [0.3, 0.4) is 0 Å². The van der Waals surface area contributed by atoms with Gasteiger partial charge in [0.1, 0.15) is 11.7 Å². The summed E-state index contributed by atoms with van der Waals surface area (Å²) >= 11 is 0. The zero-order valence-corrected chi connectivity index (χ0v) is 23.9. The molecule has 0 amide bonds. The first-order chi connectivity index (χ1) is 19.2. The number of ketones is 1. The van der Waals surface area contributed by atoms with E-state index >= 15 is 4.79 Å². The van der Waals surface area contributed by atoms with Crippen molar-refractivity contribution in [2.45, 2.75) is 102 Å². The van der Waals surface area contributed by atoms with Crippen LogP contribution in [0.2, 0.25) is 0 Å². The molecule has 2 saturated heterocycles. The highest BCUT2D eigenvalue weighted by molar-refractivity contribution is 5.93. The Balaban J connectivity index is 1.44. The Bertz CT molecular complexity index is 1310. The minimum absolute atomic E-state index is 0.0205. The fourth-order valence-corrected chi connectivity index (χ4v) is 11.0. The molecular weight excluding hydrogens is 536 g/mol. The standard InChI is InChI=1S/C30H38O11/c1-13(31)39-20-10-19(34)29-12-38-25(36)26(20,3)17(29)9-18(33)28(5)23(29)22(35)24(40-14(2)32)27(4)16(15-6-7-37-11-15)8-21-30(27,28)41-21/h6-7,11,16-21,23-25,33-34,36H,8-10,12H2,1-5H3/t16?,17?,18?,19?,20?,21?,23?,24?,25?,26-,27-,28-,29-,30-/m1/s1. The Kier molecular flexibility index (Phi) is 5.50. The molecule has 41 heavy (non-hydrogen) atoms. The fraction of sp³-hybridized carbons (Fsp3) is 0.767. The number of aliphatic hydroxyl groups excluding tert-OH is 3. The van der Waals surface area contributed by atoms with Crippen molar-refractivity contribution in [3.8, 4) is 0 Å². The number of furan rings is 1. The summed E-state index contributed by atoms with van der Waals surface area (Å²) in [6.07, 6.45) is -2.27. The summed E-state index contributed by atoms with van der Waals surface area (Å²) < 4.78 is 29.5. The quantitative estimate of drug-likeness (QED) is 0.354. The summed E-state index contributed by atoms with van der Waals surface area (Å²) in [5.41, 5.74) is -4.93. The molecule has 3 heterocycles. The molecule has 2 aliphatic heterocycles. The van der Waals surface area contributed by atoms with Crippen LogP contribution < -0.4 is 0 Å². The Labute approximate surface area is 237 Å². The summed E-state index contributed by atoms with van der Waals surface area (Å²) in [5.74, 6) is -3.56. The molecule has 9 unspecified atom stereocenters. The van der Waals surface area contributed by atoms with Gasteiger partial charge in [-0.15, -0.1) is 0 Å². The molecule has 6 aliphatic rings. The number of carbonyl (C=O) groups excluding carboxylic acids is 3. The van der Waals surface area contributed by atoms with Crippen molar-refractivity contribution >= 4 is 17.7 Å². The third kappa shape index (κ3) is 2.85. The summed E-state index contributed by atoms with van der Waals surface area (Å²) in [6, 6.07) is 1.84. The van der Waals surface area contributed by atoms with E-state index in [4.69, 9.17) is 23.4 Å². The van der Waals surface area contributed by atoms with E-state index in [1.807, 2.05) is 19.9 Å². The van der Waals surface area contributed by atoms with Crippen molar-refractivity contribution in [1.29, 1.82) is 0 Å². The Hall–Kier alpha value is -2.31. The minimum Gasteiger partial charge on any atom is -0.472 e. The normalized spacial score (nSPS) is 54.7. The molecule has 7 rings (SSSR count). The molecule has 224 valence electrons. The predicted octanol–water partition coefficient (Wildman–Crippen LogP) is 1.47. The SMILES string of the molecule is CC(=O)OC1CC(O)[C@@]23COC(O)[C@]1(C)C2CC(O)[C@]1(C)C3C(=O)C(OC(C)=O)[C@@]2(C)C(c3ccoc3)CC3O[C@]321. The van der Waals surface area contributed by atoms with Gasteiger partial charge >= 0.3 is 11.9 Å². The van der Waals surface area contributed by atoms with Gasteiger partial charge in [0.15, 0.2) is 18.2 Å². The molecule has 0 aromatic carbocycles. The van der Waals surface area contributed by atoms with E-state index in [2.05, 4.69) is 0 Å². The van der Waals surface area contributed by atoms with Crippen molar-refractivity contribution < 1.29 is 53.1 Å². The summed E-state index contributed by atoms with van der Waals surface area (Å²) in [7, 11) is 0. The molecule has 3 N–H and O–H groups in total. The molecule has 6 fully saturated rings. The summed E-state index contributed by atoms with van der Waals surface area (Å²) in [6.45, 7) is 7.85. The highest BCUT2D eigenvalue weighted by atomic mass is 16.6. The Morgan fingerprint density at radius 1 is 0.976 bits per heavy atom. The number of hydrogen-bond donors (Lipinski definition) is 3. The van der Waals surface area contributed by atoms with E-state index in [9.17, 15) is 24.9 Å². The van der Waals surface area contributed by atoms with Crippen LogP contribution in [0.5, 0.6) is 0 Å². The van der Waals surface area contributed by atoms with Gasteiger partial charge in [0.25, 0.3) is 0 Å². The predicted molar refractivity (Wildman–Crippen MR) is 137 cm³/mol. The highest BCUT2D eigenvalue weighted by Crippen LogP contribution is 2.82. The molecule has 11 heteroatoms. The Morgan fingerprint density at radius 3 is 2.32 bits per heavy atom. The van der Waals surface area contributed by atoms with Crippen molar-refractivity contribution in [2.24, 2.45) is 33.5 Å². The molecule has 4 aliphatic carbocycles. The van der Waals surface area contributed by atoms with Crippen LogP contribution in [-0.4, -0.2) is 82.1 Å². The molecule has 1 aromatic rings. The van der Waals surface area contributed by atoms with Gasteiger partial charge in [-0.1, -0.05) is 20.8 Å². The van der Waals surface area contributed by atoms with Crippen molar-refractivity contribution in [3.05, 3.63) is 24.2 Å². The van der Waals surface area contributed by atoms with Crippen LogP contribution in [0.1, 0.15) is 65.4 Å². The maximum Gasteiger partial charge on any atom is 0.303 e. The monoisotopic (exact) mass is 574 g/mol. The zero-order valence-electron chi connectivity index (χ0n) is 23.9.